The molecule has 0 bridgehead atoms. The van der Waals surface area contributed by atoms with E-state index < -0.39 is 33.6 Å². The molecule has 3 rings (SSSR count). The van der Waals surface area contributed by atoms with Gasteiger partial charge in [0, 0.05) is 31.3 Å². The molecule has 1 unspecified atom stereocenters. The molecule has 1 aromatic rings. The molecule has 176 valence electrons. The van der Waals surface area contributed by atoms with Crippen LogP contribution in [0.25, 0.3) is 0 Å². The number of piperidine rings is 1. The number of sulfonamides is 1. The van der Waals surface area contributed by atoms with Crippen LogP contribution in [0.4, 0.5) is 9.18 Å². The van der Waals surface area contributed by atoms with E-state index in [2.05, 4.69) is 10.3 Å². The van der Waals surface area contributed by atoms with Gasteiger partial charge in [0.25, 0.3) is 0 Å². The lowest BCUT2D eigenvalue weighted by Crippen LogP contribution is -2.34. The van der Waals surface area contributed by atoms with Crippen molar-refractivity contribution in [2.75, 3.05) is 26.2 Å². The summed E-state index contributed by atoms with van der Waals surface area (Å²) in [7, 11) is -3.79. The first kappa shape index (κ1) is 23.9. The van der Waals surface area contributed by atoms with Gasteiger partial charge < -0.3 is 19.9 Å². The van der Waals surface area contributed by atoms with Gasteiger partial charge >= 0.3 is 12.1 Å². The van der Waals surface area contributed by atoms with Crippen molar-refractivity contribution in [2.24, 2.45) is 17.8 Å². The van der Waals surface area contributed by atoms with Crippen LogP contribution in [-0.4, -0.2) is 66.7 Å². The molecule has 0 spiro atoms. The lowest BCUT2D eigenvalue weighted by atomic mass is 10.2. The van der Waals surface area contributed by atoms with Crippen LogP contribution >= 0.6 is 0 Å². The van der Waals surface area contributed by atoms with Crippen molar-refractivity contribution in [3.05, 3.63) is 30.2 Å². The van der Waals surface area contributed by atoms with E-state index in [1.807, 2.05) is 0 Å². The van der Waals surface area contributed by atoms with E-state index in [0.717, 1.165) is 6.20 Å². The molecule has 0 radical (unpaired) electrons. The highest BCUT2D eigenvalue weighted by molar-refractivity contribution is 7.89. The van der Waals surface area contributed by atoms with Crippen LogP contribution in [0.15, 0.2) is 35.1 Å². The Balaban J connectivity index is 1.50. The number of nitrogens with one attached hydrogen (secondary N) is 1. The molecule has 2 heterocycles. The molecule has 2 aliphatic rings. The Bertz CT molecular complexity index is 993. The number of alkyl carbamates (subject to hydrolysis) is 1. The minimum absolute atomic E-state index is 0.0362. The quantitative estimate of drug-likeness (QED) is 0.586. The second-order valence-electron chi connectivity index (χ2n) is 8.76. The smallest absolute Gasteiger partial charge is 0.407 e. The van der Waals surface area contributed by atoms with E-state index in [4.69, 9.17) is 14.6 Å². The van der Waals surface area contributed by atoms with Crippen molar-refractivity contribution in [1.82, 2.24) is 14.6 Å². The van der Waals surface area contributed by atoms with E-state index in [0.29, 0.717) is 6.33 Å². The van der Waals surface area contributed by atoms with Gasteiger partial charge in [-0.3, -0.25) is 4.79 Å². The number of nitrogens with zero attached hydrogens (tertiary/aromatic N) is 2. The molecule has 3 atom stereocenters. The van der Waals surface area contributed by atoms with Gasteiger partial charge in [0.05, 0.1) is 18.4 Å². The van der Waals surface area contributed by atoms with E-state index in [-0.39, 0.29) is 54.4 Å². The largest absolute Gasteiger partial charge is 0.481 e. The minimum Gasteiger partial charge on any atom is -0.481 e. The van der Waals surface area contributed by atoms with Crippen molar-refractivity contribution in [2.45, 2.75) is 31.3 Å². The highest BCUT2D eigenvalue weighted by Gasteiger charge is 2.61. The molecule has 1 saturated carbocycles. The topological polar surface area (TPSA) is 135 Å². The second-order valence-corrected chi connectivity index (χ2v) is 10.7. The summed E-state index contributed by atoms with van der Waals surface area (Å²) >= 11 is 0. The van der Waals surface area contributed by atoms with Crippen LogP contribution in [-0.2, 0) is 19.6 Å². The Kier molecular flexibility index (Phi) is 6.75. The summed E-state index contributed by atoms with van der Waals surface area (Å²) in [6, 6.07) is 2.68. The molecular formula is C20H26FN3O7S. The summed E-state index contributed by atoms with van der Waals surface area (Å²) in [5, 5.41) is 11.5. The third-order valence-corrected chi connectivity index (χ3v) is 7.03. The number of ether oxygens (including phenoxy) is 2. The maximum absolute atomic E-state index is 13.1. The number of fused-ring (bicyclic) bond motifs is 1. The van der Waals surface area contributed by atoms with Gasteiger partial charge in [-0.1, -0.05) is 0 Å². The molecule has 1 aromatic heterocycles. The lowest BCUT2D eigenvalue weighted by Gasteiger charge is -2.20. The number of halogens is 1. The van der Waals surface area contributed by atoms with Crippen LogP contribution < -0.4 is 10.1 Å². The number of hydrogen-bond acceptors (Lipinski definition) is 7. The zero-order valence-electron chi connectivity index (χ0n) is 17.9. The van der Waals surface area contributed by atoms with E-state index >= 15 is 0 Å². The molecule has 1 aliphatic carbocycles. The van der Waals surface area contributed by atoms with Gasteiger partial charge in [0.1, 0.15) is 17.1 Å². The van der Waals surface area contributed by atoms with E-state index in [1.54, 1.807) is 20.8 Å². The first-order valence-electron chi connectivity index (χ1n) is 9.99. The first-order valence-corrected chi connectivity index (χ1v) is 11.4. The molecule has 0 aromatic carbocycles. The summed E-state index contributed by atoms with van der Waals surface area (Å²) in [6.07, 6.45) is 0.749. The van der Waals surface area contributed by atoms with Gasteiger partial charge in [0.15, 0.2) is 0 Å². The maximum Gasteiger partial charge on any atom is 0.407 e. The van der Waals surface area contributed by atoms with Gasteiger partial charge in [-0.25, -0.2) is 22.6 Å². The molecule has 32 heavy (non-hydrogen) atoms. The van der Waals surface area contributed by atoms with Crippen LogP contribution in [0.2, 0.25) is 0 Å². The summed E-state index contributed by atoms with van der Waals surface area (Å²) in [4.78, 5) is 26.6. The number of pyridine rings is 1. The molecule has 1 aliphatic heterocycles. The van der Waals surface area contributed by atoms with Crippen LogP contribution in [0, 0.1) is 17.8 Å². The fourth-order valence-corrected chi connectivity index (χ4v) is 5.05. The maximum atomic E-state index is 13.1. The summed E-state index contributed by atoms with van der Waals surface area (Å²) in [6.45, 7) is 5.13. The van der Waals surface area contributed by atoms with Gasteiger partial charge in [-0.2, -0.15) is 4.31 Å². The molecule has 10 nitrogen and oxygen atoms in total. The Labute approximate surface area is 185 Å². The standard InChI is InChI=1S/C20H26FN3O7S/c1-20(2,3)31-19(27)23-7-12(6-21)11-30-16-5-4-13(8-22-16)32(28,29)24-9-14-15(10-24)17(14)18(25)26/h4-6,8,14-15,17H,7,9-11H2,1-3H3,(H,23,27)(H,25,26)/b12-6+/t14-,15+,17?. The monoisotopic (exact) mass is 471 g/mol. The Morgan fingerprint density at radius 2 is 1.97 bits per heavy atom. The number of aliphatic carboxylic acids is 1. The molecule has 12 heteroatoms. The van der Waals surface area contributed by atoms with Crippen LogP contribution in [0.1, 0.15) is 20.8 Å². The number of rotatable bonds is 8. The number of carboxylic acids is 1. The van der Waals surface area contributed by atoms with Crippen LogP contribution in [0.5, 0.6) is 5.88 Å². The number of carboxylic acid groups (broad SMARTS) is 1. The lowest BCUT2D eigenvalue weighted by molar-refractivity contribution is -0.139. The normalized spacial score (nSPS) is 23.4. The highest BCUT2D eigenvalue weighted by Crippen LogP contribution is 2.52. The molecule has 2 N–H and O–H groups in total. The molecule has 1 amide bonds. The van der Waals surface area contributed by atoms with Crippen molar-refractivity contribution >= 4 is 22.1 Å². The number of carbonyl (C=O) groups excluding carboxylic acids is 1. The Morgan fingerprint density at radius 1 is 1.31 bits per heavy atom. The van der Waals surface area contributed by atoms with Crippen molar-refractivity contribution < 1.29 is 37.0 Å². The van der Waals surface area contributed by atoms with Gasteiger partial charge in [-0.15, -0.1) is 0 Å². The summed E-state index contributed by atoms with van der Waals surface area (Å²) in [5.74, 6) is -1.55. The van der Waals surface area contributed by atoms with E-state index in [1.165, 1.54) is 16.4 Å². The van der Waals surface area contributed by atoms with Crippen molar-refractivity contribution in [3.63, 3.8) is 0 Å². The van der Waals surface area contributed by atoms with Gasteiger partial charge in [0.2, 0.25) is 15.9 Å². The van der Waals surface area contributed by atoms with Crippen molar-refractivity contribution in [1.29, 1.82) is 0 Å². The number of aromatic nitrogens is 1. The third kappa shape index (κ3) is 5.54. The minimum atomic E-state index is -3.79. The first-order chi connectivity index (χ1) is 14.9. The zero-order chi connectivity index (χ0) is 23.7. The predicted molar refractivity (Wildman–Crippen MR) is 110 cm³/mol. The molecule has 1 saturated heterocycles. The Hall–Kier alpha value is -2.73. The predicted octanol–water partition coefficient (Wildman–Crippen LogP) is 1.79. The summed E-state index contributed by atoms with van der Waals surface area (Å²) in [5.41, 5.74) is -0.557. The van der Waals surface area contributed by atoms with Gasteiger partial charge in [-0.05, 0) is 38.7 Å². The van der Waals surface area contributed by atoms with Crippen LogP contribution in [0.3, 0.4) is 0 Å². The zero-order valence-corrected chi connectivity index (χ0v) is 18.8. The number of carbonyl (C=O) groups is 2. The molecule has 2 fully saturated rings. The average molecular weight is 472 g/mol. The second kappa shape index (κ2) is 9.02. The number of hydrogen-bond donors (Lipinski definition) is 2. The summed E-state index contributed by atoms with van der Waals surface area (Å²) < 4.78 is 50.3. The average Bonchev–Trinajstić information content (AvgIpc) is 3.21. The highest BCUT2D eigenvalue weighted by atomic mass is 32.2. The number of amides is 1. The Morgan fingerprint density at radius 3 is 2.47 bits per heavy atom. The fraction of sp³-hybridized carbons (Fsp3) is 0.550. The molecular weight excluding hydrogens is 445 g/mol. The SMILES string of the molecule is CC(C)(C)OC(=O)NC/C(=C\F)COc1ccc(S(=O)(=O)N2C[C@@H]3C(C(=O)O)[C@@H]3C2)cn1. The van der Waals surface area contributed by atoms with Crippen molar-refractivity contribution in [3.8, 4) is 5.88 Å². The fourth-order valence-electron chi connectivity index (χ4n) is 3.59. The van der Waals surface area contributed by atoms with E-state index in [9.17, 15) is 22.4 Å². The third-order valence-electron chi connectivity index (χ3n) is 5.21.